The van der Waals surface area contributed by atoms with Crippen LogP contribution in [0.4, 0.5) is 8.78 Å². The van der Waals surface area contributed by atoms with E-state index in [9.17, 15) is 8.78 Å². The van der Waals surface area contributed by atoms with Crippen LogP contribution in [0.3, 0.4) is 0 Å². The summed E-state index contributed by atoms with van der Waals surface area (Å²) in [5.74, 6) is -1.14. The average Bonchev–Trinajstić information content (AvgIpc) is 3.52. The fraction of sp³-hybridized carbons (Fsp3) is 0. The number of rotatable bonds is 2. The molecule has 0 aliphatic heterocycles. The normalized spacial score (nSPS) is 12.8. The van der Waals surface area contributed by atoms with E-state index >= 15 is 0 Å². The smallest absolute Gasteiger partial charge is 0.126 e. The van der Waals surface area contributed by atoms with Crippen molar-refractivity contribution in [3.8, 4) is 16.8 Å². The zero-order valence-corrected chi connectivity index (χ0v) is 21.7. The first-order chi connectivity index (χ1) is 19.6. The Labute approximate surface area is 230 Å². The molecule has 2 aromatic heterocycles. The molecule has 186 valence electrons. The summed E-state index contributed by atoms with van der Waals surface area (Å²) >= 11 is 1.89. The number of hydrogen-bond acceptors (Lipinski definition) is 1. The lowest BCUT2D eigenvalue weighted by Crippen LogP contribution is -1.94. The second kappa shape index (κ2) is 7.04. The number of benzene rings is 8. The summed E-state index contributed by atoms with van der Waals surface area (Å²) in [7, 11) is 0. The van der Waals surface area contributed by atoms with Crippen LogP contribution in [-0.4, -0.2) is 4.57 Å². The molecule has 0 aliphatic rings. The van der Waals surface area contributed by atoms with Crippen LogP contribution in [0.25, 0.3) is 91.1 Å². The van der Waals surface area contributed by atoms with Gasteiger partial charge in [0.25, 0.3) is 0 Å². The van der Waals surface area contributed by atoms with Gasteiger partial charge in [-0.2, -0.15) is 0 Å². The van der Waals surface area contributed by atoms with E-state index in [-0.39, 0.29) is 0 Å². The van der Waals surface area contributed by atoms with Gasteiger partial charge >= 0.3 is 0 Å². The predicted octanol–water partition coefficient (Wildman–Crippen LogP) is 10.9. The van der Waals surface area contributed by atoms with Crippen molar-refractivity contribution >= 4 is 85.6 Å². The molecule has 8 aromatic carbocycles. The highest BCUT2D eigenvalue weighted by molar-refractivity contribution is 7.26. The van der Waals surface area contributed by atoms with Crippen LogP contribution < -0.4 is 0 Å². The minimum atomic E-state index is -0.571. The van der Waals surface area contributed by atoms with Crippen molar-refractivity contribution in [1.29, 1.82) is 0 Å². The van der Waals surface area contributed by atoms with Gasteiger partial charge in [0.05, 0.1) is 11.0 Å². The third-order valence-electron chi connectivity index (χ3n) is 8.73. The molecule has 0 unspecified atom stereocenters. The number of aromatic nitrogens is 1. The number of hydrogen-bond donors (Lipinski definition) is 0. The third-order valence-corrected chi connectivity index (χ3v) is 9.85. The lowest BCUT2D eigenvalue weighted by Gasteiger charge is -2.11. The van der Waals surface area contributed by atoms with E-state index in [1.54, 1.807) is 0 Å². The van der Waals surface area contributed by atoms with Gasteiger partial charge in [0.15, 0.2) is 0 Å². The summed E-state index contributed by atoms with van der Waals surface area (Å²) in [5, 5.41) is 12.9. The average molecular weight is 534 g/mol. The molecule has 1 nitrogen and oxygen atoms in total. The molecule has 10 aromatic rings. The molecule has 0 saturated carbocycles. The zero-order chi connectivity index (χ0) is 26.3. The van der Waals surface area contributed by atoms with E-state index in [0.717, 1.165) is 28.1 Å². The van der Waals surface area contributed by atoms with E-state index in [4.69, 9.17) is 0 Å². The molecule has 0 amide bonds. The first-order valence-electron chi connectivity index (χ1n) is 13.3. The van der Waals surface area contributed by atoms with Crippen molar-refractivity contribution < 1.29 is 8.78 Å². The summed E-state index contributed by atoms with van der Waals surface area (Å²) in [5.41, 5.74) is 4.84. The molecule has 2 heterocycles. The maximum absolute atomic E-state index is 13.9. The fourth-order valence-electron chi connectivity index (χ4n) is 7.12. The summed E-state index contributed by atoms with van der Waals surface area (Å²) in [6.07, 6.45) is 0. The molecule has 0 saturated heterocycles. The van der Waals surface area contributed by atoms with Crippen molar-refractivity contribution in [3.05, 3.63) is 115 Å². The summed E-state index contributed by atoms with van der Waals surface area (Å²) in [6, 6.07) is 34.2. The molecular weight excluding hydrogens is 516 g/mol. The molecule has 0 bridgehead atoms. The van der Waals surface area contributed by atoms with Gasteiger partial charge in [-0.3, -0.25) is 0 Å². The minimum Gasteiger partial charge on any atom is -0.309 e. The minimum absolute atomic E-state index is 0.535. The Hall–Kier alpha value is -4.80. The molecule has 0 aliphatic carbocycles. The van der Waals surface area contributed by atoms with E-state index in [1.807, 2.05) is 29.5 Å². The number of nitrogens with zero attached hydrogens (tertiary/aromatic N) is 1. The Bertz CT molecular complexity index is 2490. The Balaban J connectivity index is 1.28. The van der Waals surface area contributed by atoms with Crippen molar-refractivity contribution in [2.75, 3.05) is 0 Å². The number of fused-ring (bicyclic) bond motifs is 1. The van der Waals surface area contributed by atoms with Crippen LogP contribution in [-0.2, 0) is 0 Å². The summed E-state index contributed by atoms with van der Waals surface area (Å²) < 4.78 is 32.8. The lowest BCUT2D eigenvalue weighted by atomic mass is 9.90. The van der Waals surface area contributed by atoms with Crippen LogP contribution in [0, 0.1) is 11.6 Å². The first kappa shape index (κ1) is 21.1. The van der Waals surface area contributed by atoms with E-state index < -0.39 is 11.6 Å². The van der Waals surface area contributed by atoms with E-state index in [1.165, 1.54) is 75.7 Å². The highest BCUT2D eigenvalue weighted by Crippen LogP contribution is 2.52. The van der Waals surface area contributed by atoms with Crippen LogP contribution in [0.15, 0.2) is 103 Å². The zero-order valence-electron chi connectivity index (χ0n) is 20.9. The number of halogens is 2. The van der Waals surface area contributed by atoms with Gasteiger partial charge in [-0.1, -0.05) is 42.5 Å². The van der Waals surface area contributed by atoms with Crippen LogP contribution in [0.5, 0.6) is 0 Å². The van der Waals surface area contributed by atoms with Crippen molar-refractivity contribution in [2.45, 2.75) is 0 Å². The molecule has 40 heavy (non-hydrogen) atoms. The Kier molecular flexibility index (Phi) is 3.71. The second-order valence-corrected chi connectivity index (χ2v) is 11.9. The van der Waals surface area contributed by atoms with E-state index in [2.05, 4.69) is 71.3 Å². The summed E-state index contributed by atoms with van der Waals surface area (Å²) in [4.78, 5) is 0. The van der Waals surface area contributed by atoms with Gasteiger partial charge < -0.3 is 4.57 Å². The van der Waals surface area contributed by atoms with Crippen molar-refractivity contribution in [2.24, 2.45) is 0 Å². The number of thiophene rings is 1. The quantitative estimate of drug-likeness (QED) is 0.154. The molecular formula is C36H17F2NS. The van der Waals surface area contributed by atoms with Crippen LogP contribution in [0.2, 0.25) is 0 Å². The standard InChI is InChI=1S/C36H17F2NS/c37-24-14-23(15-25(38)17-24)21-1-2-22-16-26(8-3-20(22)13-21)39-27-9-4-18-6-11-29-35-31(18)33(27)34-28(39)10-5-19-7-12-30(40-29)36(35)32(19)34/h1-17H. The lowest BCUT2D eigenvalue weighted by molar-refractivity contribution is 0.584. The molecule has 4 heteroatoms. The molecule has 0 atom stereocenters. The Morgan fingerprint density at radius 3 is 1.62 bits per heavy atom. The largest absolute Gasteiger partial charge is 0.309 e. The maximum atomic E-state index is 13.9. The van der Waals surface area contributed by atoms with Gasteiger partial charge in [0.1, 0.15) is 11.6 Å². The van der Waals surface area contributed by atoms with Gasteiger partial charge in [0, 0.05) is 53.5 Å². The van der Waals surface area contributed by atoms with E-state index in [0.29, 0.717) is 5.56 Å². The van der Waals surface area contributed by atoms with Crippen LogP contribution in [0.1, 0.15) is 0 Å². The first-order valence-corrected chi connectivity index (χ1v) is 14.1. The van der Waals surface area contributed by atoms with Gasteiger partial charge in [0.2, 0.25) is 0 Å². The van der Waals surface area contributed by atoms with Gasteiger partial charge in [-0.15, -0.1) is 11.3 Å². The second-order valence-electron chi connectivity index (χ2n) is 10.8. The molecule has 10 rings (SSSR count). The highest BCUT2D eigenvalue weighted by Gasteiger charge is 2.25. The third kappa shape index (κ3) is 2.51. The van der Waals surface area contributed by atoms with Gasteiger partial charge in [-0.25, -0.2) is 8.78 Å². The Morgan fingerprint density at radius 1 is 0.425 bits per heavy atom. The van der Waals surface area contributed by atoms with Crippen molar-refractivity contribution in [3.63, 3.8) is 0 Å². The van der Waals surface area contributed by atoms with Crippen LogP contribution >= 0.6 is 11.3 Å². The highest BCUT2D eigenvalue weighted by atomic mass is 32.1. The molecule has 0 spiro atoms. The van der Waals surface area contributed by atoms with Gasteiger partial charge in [-0.05, 0) is 87.3 Å². The topological polar surface area (TPSA) is 4.93 Å². The predicted molar refractivity (Wildman–Crippen MR) is 165 cm³/mol. The Morgan fingerprint density at radius 2 is 0.975 bits per heavy atom. The molecule has 0 radical (unpaired) electrons. The molecule has 0 fully saturated rings. The summed E-state index contributed by atoms with van der Waals surface area (Å²) in [6.45, 7) is 0. The maximum Gasteiger partial charge on any atom is 0.126 e. The fourth-order valence-corrected chi connectivity index (χ4v) is 8.24. The van der Waals surface area contributed by atoms with Crippen molar-refractivity contribution in [1.82, 2.24) is 4.57 Å². The monoisotopic (exact) mass is 533 g/mol. The molecule has 0 N–H and O–H groups in total. The SMILES string of the molecule is Fc1cc(F)cc(-c2ccc3cc(-n4c5ccc6ccc7sc8ccc9ccc4c4c9c8c7c6c45)ccc3c2)c1.